The predicted molar refractivity (Wildman–Crippen MR) is 78.2 cm³/mol. The molecule has 1 aliphatic heterocycles. The van der Waals surface area contributed by atoms with Gasteiger partial charge in [0.2, 0.25) is 5.91 Å². The van der Waals surface area contributed by atoms with E-state index in [0.29, 0.717) is 6.54 Å². The fraction of sp³-hybridized carbons (Fsp3) is 0.533. The number of nitrogens with zero attached hydrogens (tertiary/aromatic N) is 2. The van der Waals surface area contributed by atoms with E-state index in [9.17, 15) is 4.79 Å². The molecule has 0 radical (unpaired) electrons. The highest BCUT2D eigenvalue weighted by Crippen LogP contribution is 2.10. The highest BCUT2D eigenvalue weighted by molar-refractivity contribution is 5.81. The molecule has 1 unspecified atom stereocenters. The van der Waals surface area contributed by atoms with Crippen LogP contribution in [0.5, 0.6) is 0 Å². The maximum absolute atomic E-state index is 12.3. The molecule has 19 heavy (non-hydrogen) atoms. The zero-order chi connectivity index (χ0) is 13.7. The third kappa shape index (κ3) is 3.96. The number of rotatable bonds is 3. The predicted octanol–water partition coefficient (Wildman–Crippen LogP) is 1.65. The van der Waals surface area contributed by atoms with Gasteiger partial charge in [0.05, 0.1) is 6.54 Å². The normalized spacial score (nSPS) is 20.9. The van der Waals surface area contributed by atoms with Gasteiger partial charge in [-0.3, -0.25) is 4.79 Å². The Morgan fingerprint density at radius 2 is 2.05 bits per heavy atom. The van der Waals surface area contributed by atoms with Gasteiger partial charge in [-0.25, -0.2) is 0 Å². The molecule has 1 aliphatic rings. The fourth-order valence-electron chi connectivity index (χ4n) is 2.58. The molecule has 1 aromatic rings. The summed E-state index contributed by atoms with van der Waals surface area (Å²) >= 11 is 0. The molecular weight excluding hydrogens is 238 g/mol. The van der Waals surface area contributed by atoms with Gasteiger partial charge >= 0.3 is 0 Å². The van der Waals surface area contributed by atoms with Crippen LogP contribution >= 0.6 is 0 Å². The lowest BCUT2D eigenvalue weighted by Crippen LogP contribution is -2.44. The third-order valence-corrected chi connectivity index (χ3v) is 3.58. The molecule has 1 aromatic carbocycles. The van der Waals surface area contributed by atoms with Crippen molar-refractivity contribution < 1.29 is 4.79 Å². The summed E-state index contributed by atoms with van der Waals surface area (Å²) in [5.74, 6) is 0.187. The third-order valence-electron chi connectivity index (χ3n) is 3.58. The van der Waals surface area contributed by atoms with Crippen molar-refractivity contribution in [3.8, 4) is 0 Å². The van der Waals surface area contributed by atoms with Crippen LogP contribution in [0.4, 0.5) is 5.69 Å². The molecule has 104 valence electrons. The zero-order valence-electron chi connectivity index (χ0n) is 11.8. The molecule has 0 spiro atoms. The molecule has 4 nitrogen and oxygen atoms in total. The van der Waals surface area contributed by atoms with E-state index in [-0.39, 0.29) is 11.9 Å². The summed E-state index contributed by atoms with van der Waals surface area (Å²) in [6, 6.07) is 10.2. The lowest BCUT2D eigenvalue weighted by molar-refractivity contribution is -0.131. The zero-order valence-corrected chi connectivity index (χ0v) is 11.8. The second kappa shape index (κ2) is 6.57. The Hall–Kier alpha value is -1.55. The van der Waals surface area contributed by atoms with E-state index in [1.54, 1.807) is 0 Å². The van der Waals surface area contributed by atoms with Crippen LogP contribution in [0.1, 0.15) is 13.3 Å². The molecule has 1 amide bonds. The van der Waals surface area contributed by atoms with Crippen LogP contribution < -0.4 is 5.32 Å². The van der Waals surface area contributed by atoms with E-state index in [1.807, 2.05) is 35.2 Å². The summed E-state index contributed by atoms with van der Waals surface area (Å²) in [5, 5.41) is 3.19. The monoisotopic (exact) mass is 261 g/mol. The maximum Gasteiger partial charge on any atom is 0.242 e. The molecule has 0 saturated carbocycles. The molecule has 0 aromatic heterocycles. The van der Waals surface area contributed by atoms with Gasteiger partial charge in [0, 0.05) is 24.8 Å². The van der Waals surface area contributed by atoms with Gasteiger partial charge in [0.1, 0.15) is 0 Å². The lowest BCUT2D eigenvalue weighted by atomic mass is 10.2. The van der Waals surface area contributed by atoms with Crippen molar-refractivity contribution in [1.29, 1.82) is 0 Å². The van der Waals surface area contributed by atoms with Crippen molar-refractivity contribution >= 4 is 11.6 Å². The number of nitrogens with one attached hydrogen (secondary N) is 1. The molecule has 1 fully saturated rings. The molecule has 4 heteroatoms. The molecular formula is C15H23N3O. The first-order valence-electron chi connectivity index (χ1n) is 6.94. The number of carbonyl (C=O) groups is 1. The van der Waals surface area contributed by atoms with Gasteiger partial charge in [0.15, 0.2) is 0 Å². The number of benzene rings is 1. The number of amides is 1. The minimum atomic E-state index is 0.187. The van der Waals surface area contributed by atoms with Gasteiger partial charge in [0.25, 0.3) is 0 Å². The van der Waals surface area contributed by atoms with Crippen molar-refractivity contribution in [2.45, 2.75) is 19.4 Å². The average Bonchev–Trinajstić information content (AvgIpc) is 2.58. The van der Waals surface area contributed by atoms with Crippen LogP contribution in [0.15, 0.2) is 30.3 Å². The molecule has 1 saturated heterocycles. The Morgan fingerprint density at radius 1 is 1.32 bits per heavy atom. The van der Waals surface area contributed by atoms with Crippen molar-refractivity contribution in [2.75, 3.05) is 38.5 Å². The van der Waals surface area contributed by atoms with Crippen molar-refractivity contribution in [3.63, 3.8) is 0 Å². The van der Waals surface area contributed by atoms with Crippen LogP contribution in [-0.2, 0) is 4.79 Å². The largest absolute Gasteiger partial charge is 0.376 e. The summed E-state index contributed by atoms with van der Waals surface area (Å²) < 4.78 is 0. The van der Waals surface area contributed by atoms with E-state index in [0.717, 1.165) is 31.7 Å². The fourth-order valence-corrected chi connectivity index (χ4v) is 2.58. The molecule has 0 bridgehead atoms. The molecule has 2 rings (SSSR count). The van der Waals surface area contributed by atoms with Crippen LogP contribution in [0.3, 0.4) is 0 Å². The van der Waals surface area contributed by atoms with E-state index in [4.69, 9.17) is 0 Å². The SMILES string of the molecule is CC1CN(C)CCCN1C(=O)CNc1ccccc1. The highest BCUT2D eigenvalue weighted by Gasteiger charge is 2.23. The summed E-state index contributed by atoms with van der Waals surface area (Å²) in [4.78, 5) is 16.6. The van der Waals surface area contributed by atoms with Gasteiger partial charge in [-0.05, 0) is 39.1 Å². The molecule has 1 atom stereocenters. The Labute approximate surface area is 115 Å². The highest BCUT2D eigenvalue weighted by atomic mass is 16.2. The number of carbonyl (C=O) groups excluding carboxylic acids is 1. The Kier molecular flexibility index (Phi) is 4.80. The van der Waals surface area contributed by atoms with Crippen molar-refractivity contribution in [3.05, 3.63) is 30.3 Å². The first kappa shape index (κ1) is 13.9. The smallest absolute Gasteiger partial charge is 0.242 e. The van der Waals surface area contributed by atoms with E-state index in [2.05, 4.69) is 24.2 Å². The minimum absolute atomic E-state index is 0.187. The summed E-state index contributed by atoms with van der Waals surface area (Å²) in [6.07, 6.45) is 1.05. The van der Waals surface area contributed by atoms with E-state index < -0.39 is 0 Å². The van der Waals surface area contributed by atoms with Gasteiger partial charge < -0.3 is 15.1 Å². The molecule has 0 aliphatic carbocycles. The van der Waals surface area contributed by atoms with Gasteiger partial charge in [-0.2, -0.15) is 0 Å². The van der Waals surface area contributed by atoms with E-state index >= 15 is 0 Å². The minimum Gasteiger partial charge on any atom is -0.376 e. The van der Waals surface area contributed by atoms with Crippen molar-refractivity contribution in [1.82, 2.24) is 9.80 Å². The number of anilines is 1. The topological polar surface area (TPSA) is 35.6 Å². The Morgan fingerprint density at radius 3 is 2.79 bits per heavy atom. The first-order chi connectivity index (χ1) is 9.16. The Bertz CT molecular complexity index is 407. The second-order valence-electron chi connectivity index (χ2n) is 5.27. The Balaban J connectivity index is 1.88. The van der Waals surface area contributed by atoms with Crippen LogP contribution in [-0.4, -0.2) is 55.0 Å². The standard InChI is InChI=1S/C15H23N3O/c1-13-12-17(2)9-6-10-18(13)15(19)11-16-14-7-4-3-5-8-14/h3-5,7-8,13,16H,6,9-12H2,1-2H3. The summed E-state index contributed by atoms with van der Waals surface area (Å²) in [5.41, 5.74) is 0.996. The van der Waals surface area contributed by atoms with Crippen LogP contribution in [0.2, 0.25) is 0 Å². The number of para-hydroxylation sites is 1. The molecule has 1 heterocycles. The van der Waals surface area contributed by atoms with E-state index in [1.165, 1.54) is 0 Å². The molecule has 1 N–H and O–H groups in total. The van der Waals surface area contributed by atoms with Crippen LogP contribution in [0, 0.1) is 0 Å². The quantitative estimate of drug-likeness (QED) is 0.898. The lowest BCUT2D eigenvalue weighted by Gasteiger charge is -2.28. The number of hydrogen-bond donors (Lipinski definition) is 1. The van der Waals surface area contributed by atoms with Crippen molar-refractivity contribution in [2.24, 2.45) is 0 Å². The summed E-state index contributed by atoms with van der Waals surface area (Å²) in [6.45, 7) is 5.39. The summed E-state index contributed by atoms with van der Waals surface area (Å²) in [7, 11) is 2.12. The van der Waals surface area contributed by atoms with Crippen LogP contribution in [0.25, 0.3) is 0 Å². The average molecular weight is 261 g/mol. The maximum atomic E-state index is 12.3. The van der Waals surface area contributed by atoms with Gasteiger partial charge in [-0.15, -0.1) is 0 Å². The van der Waals surface area contributed by atoms with Gasteiger partial charge in [-0.1, -0.05) is 18.2 Å². The number of likely N-dealkylation sites (N-methyl/N-ethyl adjacent to an activating group) is 1. The second-order valence-corrected chi connectivity index (χ2v) is 5.27. The first-order valence-corrected chi connectivity index (χ1v) is 6.94. The number of hydrogen-bond acceptors (Lipinski definition) is 3.